The Kier molecular flexibility index (Phi) is 5.92. The van der Waals surface area contributed by atoms with E-state index < -0.39 is 11.9 Å². The van der Waals surface area contributed by atoms with Crippen LogP contribution in [-0.4, -0.2) is 41.3 Å². The summed E-state index contributed by atoms with van der Waals surface area (Å²) in [6.07, 6.45) is 0.180. The van der Waals surface area contributed by atoms with E-state index in [9.17, 15) is 14.4 Å². The number of nitrogens with one attached hydrogen (secondary N) is 3. The molecule has 8 nitrogen and oxygen atoms in total. The molecule has 1 saturated heterocycles. The Morgan fingerprint density at radius 1 is 1.14 bits per heavy atom. The van der Waals surface area contributed by atoms with Crippen LogP contribution in [0.15, 0.2) is 48.5 Å². The van der Waals surface area contributed by atoms with Crippen molar-refractivity contribution in [3.05, 3.63) is 59.7 Å². The molecule has 8 heteroatoms. The average Bonchev–Trinajstić information content (AvgIpc) is 3.05. The van der Waals surface area contributed by atoms with Crippen molar-refractivity contribution in [2.75, 3.05) is 6.54 Å². The van der Waals surface area contributed by atoms with E-state index in [1.165, 1.54) is 0 Å². The van der Waals surface area contributed by atoms with E-state index in [0.29, 0.717) is 17.5 Å². The summed E-state index contributed by atoms with van der Waals surface area (Å²) in [5, 5.41) is 21.8. The zero-order chi connectivity index (χ0) is 21.0. The number of carbonyl (C=O) groups is 3. The highest BCUT2D eigenvalue weighted by Gasteiger charge is 2.33. The van der Waals surface area contributed by atoms with Crippen molar-refractivity contribution in [2.45, 2.75) is 18.9 Å². The van der Waals surface area contributed by atoms with Crippen LogP contribution >= 0.6 is 0 Å². The first-order valence-electron chi connectivity index (χ1n) is 9.18. The molecule has 0 spiro atoms. The van der Waals surface area contributed by atoms with Crippen LogP contribution in [0.3, 0.4) is 0 Å². The van der Waals surface area contributed by atoms with E-state index in [1.54, 1.807) is 18.2 Å². The largest absolute Gasteiger partial charge is 0.481 e. The Bertz CT molecular complexity index is 955. The molecule has 2 atom stereocenters. The topological polar surface area (TPSA) is 145 Å². The quantitative estimate of drug-likeness (QED) is 0.355. The summed E-state index contributed by atoms with van der Waals surface area (Å²) >= 11 is 0. The number of carboxylic acids is 1. The molecule has 1 aliphatic rings. The molecule has 0 aromatic heterocycles. The van der Waals surface area contributed by atoms with E-state index in [4.69, 9.17) is 16.2 Å². The number of benzene rings is 2. The van der Waals surface area contributed by atoms with Crippen molar-refractivity contribution in [1.82, 2.24) is 10.6 Å². The van der Waals surface area contributed by atoms with Crippen molar-refractivity contribution < 1.29 is 19.5 Å². The molecule has 1 fully saturated rings. The van der Waals surface area contributed by atoms with Gasteiger partial charge < -0.3 is 21.5 Å². The van der Waals surface area contributed by atoms with Gasteiger partial charge >= 0.3 is 5.97 Å². The Morgan fingerprint density at radius 2 is 1.86 bits per heavy atom. The minimum atomic E-state index is -1.01. The van der Waals surface area contributed by atoms with Crippen molar-refractivity contribution in [3.8, 4) is 11.1 Å². The third kappa shape index (κ3) is 4.98. The van der Waals surface area contributed by atoms with Gasteiger partial charge in [0, 0.05) is 23.7 Å². The van der Waals surface area contributed by atoms with Crippen molar-refractivity contribution in [2.24, 2.45) is 11.7 Å². The van der Waals surface area contributed by atoms with E-state index in [0.717, 1.165) is 11.1 Å². The summed E-state index contributed by atoms with van der Waals surface area (Å²) in [6, 6.07) is 14.0. The number of amides is 2. The summed E-state index contributed by atoms with van der Waals surface area (Å²) in [6.45, 7) is 0.239. The van der Waals surface area contributed by atoms with Gasteiger partial charge in [-0.25, -0.2) is 0 Å². The number of nitrogen functional groups attached to an aromatic ring is 1. The number of carboxylic acid groups (broad SMARTS) is 1. The molecule has 0 radical (unpaired) electrons. The molecule has 1 heterocycles. The molecule has 6 N–H and O–H groups in total. The fourth-order valence-electron chi connectivity index (χ4n) is 3.35. The molecule has 0 bridgehead atoms. The SMILES string of the molecule is N=C(N)c1cccc(-c2ccc(C(=O)NC[C@@H]3C[C@@H](CC(=O)O)C(=O)N3)cc2)c1. The van der Waals surface area contributed by atoms with Gasteiger partial charge in [-0.2, -0.15) is 0 Å². The van der Waals surface area contributed by atoms with Gasteiger partial charge in [0.1, 0.15) is 5.84 Å². The monoisotopic (exact) mass is 394 g/mol. The standard InChI is InChI=1S/C21H22N4O4/c22-19(23)15-3-1-2-14(8-15)12-4-6-13(7-5-12)20(28)24-11-17-9-16(10-18(26)27)21(29)25-17/h1-8,16-17H,9-11H2,(H3,22,23)(H,24,28)(H,25,29)(H,26,27)/t16-,17-/m0/s1. The smallest absolute Gasteiger partial charge is 0.304 e. The second-order valence-electron chi connectivity index (χ2n) is 7.02. The summed E-state index contributed by atoms with van der Waals surface area (Å²) in [5.41, 5.74) is 8.41. The summed E-state index contributed by atoms with van der Waals surface area (Å²) < 4.78 is 0. The molecule has 0 unspecified atom stereocenters. The molecular weight excluding hydrogens is 372 g/mol. The van der Waals surface area contributed by atoms with Crippen LogP contribution in [0.2, 0.25) is 0 Å². The van der Waals surface area contributed by atoms with Gasteiger partial charge in [-0.1, -0.05) is 30.3 Å². The van der Waals surface area contributed by atoms with Crippen LogP contribution in [0.1, 0.15) is 28.8 Å². The highest BCUT2D eigenvalue weighted by atomic mass is 16.4. The molecule has 29 heavy (non-hydrogen) atoms. The van der Waals surface area contributed by atoms with E-state index in [-0.39, 0.29) is 36.7 Å². The lowest BCUT2D eigenvalue weighted by atomic mass is 10.0. The second-order valence-corrected chi connectivity index (χ2v) is 7.02. The first-order chi connectivity index (χ1) is 13.8. The minimum Gasteiger partial charge on any atom is -0.481 e. The average molecular weight is 394 g/mol. The summed E-state index contributed by atoms with van der Waals surface area (Å²) in [4.78, 5) is 34.9. The van der Waals surface area contributed by atoms with Crippen LogP contribution in [0, 0.1) is 11.3 Å². The maximum absolute atomic E-state index is 12.4. The Hall–Kier alpha value is -3.68. The highest BCUT2D eigenvalue weighted by Crippen LogP contribution is 2.21. The first-order valence-corrected chi connectivity index (χ1v) is 9.18. The molecule has 150 valence electrons. The fourth-order valence-corrected chi connectivity index (χ4v) is 3.35. The van der Waals surface area contributed by atoms with E-state index in [2.05, 4.69) is 10.6 Å². The van der Waals surface area contributed by atoms with Gasteiger partial charge in [-0.15, -0.1) is 0 Å². The minimum absolute atomic E-state index is 0.00699. The maximum Gasteiger partial charge on any atom is 0.304 e. The maximum atomic E-state index is 12.4. The molecule has 1 aliphatic heterocycles. The number of rotatable bonds is 7. The molecular formula is C21H22N4O4. The number of nitrogens with two attached hydrogens (primary N) is 1. The lowest BCUT2D eigenvalue weighted by Gasteiger charge is -2.12. The van der Waals surface area contributed by atoms with E-state index >= 15 is 0 Å². The van der Waals surface area contributed by atoms with Crippen molar-refractivity contribution in [3.63, 3.8) is 0 Å². The lowest BCUT2D eigenvalue weighted by Crippen LogP contribution is -2.38. The van der Waals surface area contributed by atoms with Gasteiger partial charge in [0.15, 0.2) is 0 Å². The highest BCUT2D eigenvalue weighted by molar-refractivity contribution is 5.97. The van der Waals surface area contributed by atoms with Crippen LogP contribution in [-0.2, 0) is 9.59 Å². The fraction of sp³-hybridized carbons (Fsp3) is 0.238. The Labute approximate surface area is 167 Å². The molecule has 2 aromatic carbocycles. The van der Waals surface area contributed by atoms with Gasteiger partial charge in [-0.05, 0) is 35.7 Å². The summed E-state index contributed by atoms with van der Waals surface area (Å²) in [5.74, 6) is -2.13. The van der Waals surface area contributed by atoms with Crippen molar-refractivity contribution >= 4 is 23.6 Å². The van der Waals surface area contributed by atoms with Crippen LogP contribution in [0.25, 0.3) is 11.1 Å². The lowest BCUT2D eigenvalue weighted by molar-refractivity contribution is -0.140. The number of aliphatic carboxylic acids is 1. The number of hydrogen-bond donors (Lipinski definition) is 5. The molecule has 0 aliphatic carbocycles. The Morgan fingerprint density at radius 3 is 2.52 bits per heavy atom. The number of amidine groups is 1. The first kappa shape index (κ1) is 20.1. The van der Waals surface area contributed by atoms with Gasteiger partial charge in [0.25, 0.3) is 5.91 Å². The van der Waals surface area contributed by atoms with Crippen LogP contribution in [0.5, 0.6) is 0 Å². The van der Waals surface area contributed by atoms with Gasteiger partial charge in [0.05, 0.1) is 12.3 Å². The number of hydrogen-bond acceptors (Lipinski definition) is 4. The van der Waals surface area contributed by atoms with Crippen molar-refractivity contribution in [1.29, 1.82) is 5.41 Å². The third-order valence-electron chi connectivity index (χ3n) is 4.87. The zero-order valence-electron chi connectivity index (χ0n) is 15.6. The summed E-state index contributed by atoms with van der Waals surface area (Å²) in [7, 11) is 0. The number of carbonyl (C=O) groups excluding carboxylic acids is 2. The van der Waals surface area contributed by atoms with Gasteiger partial charge in [-0.3, -0.25) is 19.8 Å². The Balaban J connectivity index is 1.58. The van der Waals surface area contributed by atoms with Crippen LogP contribution < -0.4 is 16.4 Å². The predicted molar refractivity (Wildman–Crippen MR) is 108 cm³/mol. The molecule has 2 amide bonds. The zero-order valence-corrected chi connectivity index (χ0v) is 15.6. The third-order valence-corrected chi connectivity index (χ3v) is 4.87. The molecule has 0 saturated carbocycles. The van der Waals surface area contributed by atoms with Gasteiger partial charge in [0.2, 0.25) is 5.91 Å². The second kappa shape index (κ2) is 8.55. The normalized spacial score (nSPS) is 18.1. The van der Waals surface area contributed by atoms with E-state index in [1.807, 2.05) is 30.3 Å². The molecule has 3 rings (SSSR count). The predicted octanol–water partition coefficient (Wildman–Crippen LogP) is 1.35. The molecule has 2 aromatic rings. The van der Waals surface area contributed by atoms with Crippen LogP contribution in [0.4, 0.5) is 0 Å².